The summed E-state index contributed by atoms with van der Waals surface area (Å²) < 4.78 is 34.2. The lowest BCUT2D eigenvalue weighted by Gasteiger charge is -2.25. The van der Waals surface area contributed by atoms with Crippen LogP contribution in [0.2, 0.25) is 0 Å². The van der Waals surface area contributed by atoms with E-state index in [4.69, 9.17) is 4.42 Å². The van der Waals surface area contributed by atoms with E-state index in [9.17, 15) is 8.42 Å². The Hall–Kier alpha value is -2.11. The second-order valence-electron chi connectivity index (χ2n) is 8.50. The molecule has 2 aromatic carbocycles. The van der Waals surface area contributed by atoms with Gasteiger partial charge in [-0.25, -0.2) is 8.42 Å². The van der Waals surface area contributed by atoms with Crippen LogP contribution in [0, 0.1) is 18.3 Å². The molecule has 140 valence electrons. The fraction of sp³-hybridized carbons (Fsp3) is 0.364. The minimum atomic E-state index is -3.49. The molecule has 2 heterocycles. The molecule has 1 aliphatic carbocycles. The predicted molar refractivity (Wildman–Crippen MR) is 105 cm³/mol. The smallest absolute Gasteiger partial charge is 0.243 e. The maximum Gasteiger partial charge on any atom is 0.243 e. The van der Waals surface area contributed by atoms with Crippen LogP contribution in [-0.4, -0.2) is 25.8 Å². The average molecular weight is 381 g/mol. The van der Waals surface area contributed by atoms with Crippen LogP contribution >= 0.6 is 0 Å². The number of benzene rings is 2. The van der Waals surface area contributed by atoms with Crippen molar-refractivity contribution >= 4 is 21.0 Å². The van der Waals surface area contributed by atoms with Crippen molar-refractivity contribution in [2.75, 3.05) is 13.1 Å². The summed E-state index contributed by atoms with van der Waals surface area (Å²) in [6.07, 6.45) is 0. The van der Waals surface area contributed by atoms with Crippen LogP contribution in [-0.2, 0) is 15.4 Å². The average Bonchev–Trinajstić information content (AvgIpc) is 3.07. The second kappa shape index (κ2) is 5.24. The summed E-state index contributed by atoms with van der Waals surface area (Å²) in [6.45, 7) is 7.42. The number of hydrogen-bond acceptors (Lipinski definition) is 3. The molecule has 2 aliphatic rings. The number of piperidine rings is 1. The summed E-state index contributed by atoms with van der Waals surface area (Å²) in [7, 11) is -3.49. The van der Waals surface area contributed by atoms with Crippen molar-refractivity contribution < 1.29 is 12.8 Å². The van der Waals surface area contributed by atoms with Crippen LogP contribution in [0.1, 0.15) is 25.2 Å². The number of fused-ring (bicyclic) bond motifs is 2. The Morgan fingerprint density at radius 1 is 1.07 bits per heavy atom. The van der Waals surface area contributed by atoms with Crippen molar-refractivity contribution in [3.05, 3.63) is 65.9 Å². The zero-order valence-electron chi connectivity index (χ0n) is 15.8. The summed E-state index contributed by atoms with van der Waals surface area (Å²) in [4.78, 5) is 0.368. The lowest BCUT2D eigenvalue weighted by molar-refractivity contribution is 0.324. The Kier molecular flexibility index (Phi) is 3.30. The SMILES string of the molecule is Cc1ccc(S(=O)(=O)N2CC3C(C)(C)C3(c3cc4ccccc4o3)C2)cc1. The molecule has 1 aliphatic heterocycles. The van der Waals surface area contributed by atoms with Crippen molar-refractivity contribution in [1.82, 2.24) is 4.31 Å². The highest BCUT2D eigenvalue weighted by Gasteiger charge is 2.77. The third kappa shape index (κ3) is 2.15. The zero-order chi connectivity index (χ0) is 19.0. The first-order valence-electron chi connectivity index (χ1n) is 9.33. The summed E-state index contributed by atoms with van der Waals surface area (Å²) in [5.74, 6) is 1.19. The van der Waals surface area contributed by atoms with Gasteiger partial charge in [-0.05, 0) is 42.5 Å². The molecular formula is C22H23NO3S. The van der Waals surface area contributed by atoms with Crippen LogP contribution in [0.25, 0.3) is 11.0 Å². The van der Waals surface area contributed by atoms with Crippen molar-refractivity contribution in [2.24, 2.45) is 11.3 Å². The van der Waals surface area contributed by atoms with Gasteiger partial charge in [0.15, 0.2) is 0 Å². The molecule has 2 fully saturated rings. The molecule has 2 atom stereocenters. The number of rotatable bonds is 3. The van der Waals surface area contributed by atoms with Crippen LogP contribution in [0.5, 0.6) is 0 Å². The fourth-order valence-electron chi connectivity index (χ4n) is 5.02. The maximum absolute atomic E-state index is 13.2. The second-order valence-corrected chi connectivity index (χ2v) is 10.4. The quantitative estimate of drug-likeness (QED) is 0.678. The molecule has 5 heteroatoms. The monoisotopic (exact) mass is 381 g/mol. The molecule has 27 heavy (non-hydrogen) atoms. The van der Waals surface area contributed by atoms with Crippen LogP contribution in [0.3, 0.4) is 0 Å². The van der Waals surface area contributed by atoms with Crippen molar-refractivity contribution in [3.63, 3.8) is 0 Å². The highest BCUT2D eigenvalue weighted by Crippen LogP contribution is 2.73. The van der Waals surface area contributed by atoms with Gasteiger partial charge in [0.25, 0.3) is 0 Å². The number of hydrogen-bond donors (Lipinski definition) is 0. The van der Waals surface area contributed by atoms with E-state index < -0.39 is 10.0 Å². The minimum absolute atomic E-state index is 0.0279. The van der Waals surface area contributed by atoms with E-state index in [0.29, 0.717) is 18.0 Å². The first-order chi connectivity index (χ1) is 12.8. The fourth-order valence-corrected chi connectivity index (χ4v) is 6.52. The Bertz CT molecular complexity index is 1110. The third-order valence-corrected chi connectivity index (χ3v) is 8.69. The minimum Gasteiger partial charge on any atom is -0.460 e. The molecule has 3 aromatic rings. The van der Waals surface area contributed by atoms with Crippen LogP contribution < -0.4 is 0 Å². The van der Waals surface area contributed by atoms with Gasteiger partial charge in [-0.3, -0.25) is 0 Å². The molecule has 0 spiro atoms. The highest BCUT2D eigenvalue weighted by atomic mass is 32.2. The van der Waals surface area contributed by atoms with E-state index in [1.54, 1.807) is 16.4 Å². The molecule has 1 saturated heterocycles. The van der Waals surface area contributed by atoms with Gasteiger partial charge in [0.1, 0.15) is 11.3 Å². The third-order valence-electron chi connectivity index (χ3n) is 6.87. The van der Waals surface area contributed by atoms with Gasteiger partial charge in [0.2, 0.25) is 10.0 Å². The predicted octanol–water partition coefficient (Wildman–Crippen LogP) is 4.34. The normalized spacial score (nSPS) is 27.0. The summed E-state index contributed by atoms with van der Waals surface area (Å²) in [5.41, 5.74) is 1.70. The van der Waals surface area contributed by atoms with E-state index in [-0.39, 0.29) is 16.7 Å². The van der Waals surface area contributed by atoms with Crippen molar-refractivity contribution in [3.8, 4) is 0 Å². The topological polar surface area (TPSA) is 50.5 Å². The van der Waals surface area contributed by atoms with Gasteiger partial charge in [0, 0.05) is 18.5 Å². The largest absolute Gasteiger partial charge is 0.460 e. The van der Waals surface area contributed by atoms with Crippen molar-refractivity contribution in [2.45, 2.75) is 31.1 Å². The van der Waals surface area contributed by atoms with E-state index in [1.807, 2.05) is 43.3 Å². The first kappa shape index (κ1) is 17.0. The van der Waals surface area contributed by atoms with Gasteiger partial charge in [-0.15, -0.1) is 0 Å². The molecule has 5 rings (SSSR count). The van der Waals surface area contributed by atoms with E-state index in [1.165, 1.54) is 0 Å². The number of para-hydroxylation sites is 1. The first-order valence-corrected chi connectivity index (χ1v) is 10.8. The van der Waals surface area contributed by atoms with Crippen LogP contribution in [0.15, 0.2) is 63.9 Å². The Morgan fingerprint density at radius 2 is 1.78 bits per heavy atom. The summed E-state index contributed by atoms with van der Waals surface area (Å²) >= 11 is 0. The Morgan fingerprint density at radius 3 is 2.48 bits per heavy atom. The Labute approximate surface area is 159 Å². The molecule has 0 amide bonds. The number of sulfonamides is 1. The zero-order valence-corrected chi connectivity index (χ0v) is 16.6. The summed E-state index contributed by atoms with van der Waals surface area (Å²) in [5, 5.41) is 1.07. The number of nitrogens with zero attached hydrogens (tertiary/aromatic N) is 1. The lowest BCUT2D eigenvalue weighted by Crippen LogP contribution is -2.36. The van der Waals surface area contributed by atoms with Crippen LogP contribution in [0.4, 0.5) is 0 Å². The molecule has 0 radical (unpaired) electrons. The number of aryl methyl sites for hydroxylation is 1. The van der Waals surface area contributed by atoms with Gasteiger partial charge in [-0.1, -0.05) is 49.7 Å². The van der Waals surface area contributed by atoms with Gasteiger partial charge in [0.05, 0.1) is 10.3 Å². The van der Waals surface area contributed by atoms with Gasteiger partial charge in [-0.2, -0.15) is 4.31 Å². The standard InChI is InChI=1S/C22H23NO3S/c1-15-8-10-17(11-9-15)27(24,25)23-13-19-21(2,3)22(19,14-23)20-12-16-6-4-5-7-18(16)26-20/h4-12,19H,13-14H2,1-3H3. The Balaban J connectivity index is 1.54. The number of furan rings is 1. The van der Waals surface area contributed by atoms with E-state index in [2.05, 4.69) is 19.9 Å². The van der Waals surface area contributed by atoms with E-state index >= 15 is 0 Å². The molecule has 1 saturated carbocycles. The van der Waals surface area contributed by atoms with Gasteiger partial charge >= 0.3 is 0 Å². The lowest BCUT2D eigenvalue weighted by atomic mass is 9.93. The highest BCUT2D eigenvalue weighted by molar-refractivity contribution is 7.89. The van der Waals surface area contributed by atoms with Gasteiger partial charge < -0.3 is 4.42 Å². The summed E-state index contributed by atoms with van der Waals surface area (Å²) in [6, 6.07) is 17.2. The molecule has 0 bridgehead atoms. The van der Waals surface area contributed by atoms with E-state index in [0.717, 1.165) is 22.3 Å². The molecule has 1 aromatic heterocycles. The molecular weight excluding hydrogens is 358 g/mol. The maximum atomic E-state index is 13.2. The molecule has 4 nitrogen and oxygen atoms in total. The molecule has 2 unspecified atom stereocenters. The van der Waals surface area contributed by atoms with Crippen molar-refractivity contribution in [1.29, 1.82) is 0 Å². The molecule has 0 N–H and O–H groups in total.